The van der Waals surface area contributed by atoms with Crippen LogP contribution in [0.2, 0.25) is 5.02 Å². The van der Waals surface area contributed by atoms with E-state index in [2.05, 4.69) is 31.0 Å². The molecule has 5 heteroatoms. The van der Waals surface area contributed by atoms with E-state index >= 15 is 0 Å². The summed E-state index contributed by atoms with van der Waals surface area (Å²) in [6, 6.07) is -0.00554. The Morgan fingerprint density at radius 1 is 1.37 bits per heavy atom. The molecule has 1 aromatic rings. The Balaban J connectivity index is 2.56. The summed E-state index contributed by atoms with van der Waals surface area (Å²) in [4.78, 5) is 2.13. The molecule has 19 heavy (non-hydrogen) atoms. The number of nitrogens with zero attached hydrogens (tertiary/aromatic N) is 3. The Hall–Kier alpha value is -0.580. The third-order valence-electron chi connectivity index (χ3n) is 3.31. The molecule has 0 aliphatic heterocycles. The van der Waals surface area contributed by atoms with Crippen LogP contribution in [0.5, 0.6) is 0 Å². The number of hydrogen-bond donors (Lipinski definition) is 1. The Labute approximate surface area is 121 Å². The Bertz CT molecular complexity index is 362. The standard InChI is InChI=1S/C14H27ClN4/c1-4-5-6-7-8-13(16)14-12(15)11-17-19(14)10-9-18(2)3/h11,13H,4-10,16H2,1-3H3. The van der Waals surface area contributed by atoms with Gasteiger partial charge in [-0.1, -0.05) is 44.2 Å². The maximum atomic E-state index is 6.27. The summed E-state index contributed by atoms with van der Waals surface area (Å²) in [6.07, 6.45) is 7.61. The van der Waals surface area contributed by atoms with Crippen molar-refractivity contribution in [1.82, 2.24) is 14.7 Å². The van der Waals surface area contributed by atoms with Crippen molar-refractivity contribution >= 4 is 11.6 Å². The monoisotopic (exact) mass is 286 g/mol. The first-order valence-electron chi connectivity index (χ1n) is 7.17. The van der Waals surface area contributed by atoms with Crippen molar-refractivity contribution < 1.29 is 0 Å². The molecule has 0 aliphatic carbocycles. The molecule has 0 aromatic carbocycles. The molecule has 1 atom stereocenters. The largest absolute Gasteiger partial charge is 0.323 e. The molecule has 0 saturated heterocycles. The van der Waals surface area contributed by atoms with Crippen molar-refractivity contribution in [3.05, 3.63) is 16.9 Å². The average Bonchev–Trinajstić information content (AvgIpc) is 2.73. The van der Waals surface area contributed by atoms with Gasteiger partial charge in [0.1, 0.15) is 0 Å². The highest BCUT2D eigenvalue weighted by Crippen LogP contribution is 2.25. The van der Waals surface area contributed by atoms with Crippen LogP contribution in [0.25, 0.3) is 0 Å². The molecule has 2 N–H and O–H groups in total. The second-order valence-corrected chi connectivity index (χ2v) is 5.77. The molecule has 0 spiro atoms. The van der Waals surface area contributed by atoms with Crippen molar-refractivity contribution in [2.24, 2.45) is 5.73 Å². The van der Waals surface area contributed by atoms with E-state index in [1.54, 1.807) is 6.20 Å². The maximum absolute atomic E-state index is 6.27. The minimum Gasteiger partial charge on any atom is -0.323 e. The van der Waals surface area contributed by atoms with Gasteiger partial charge in [-0.05, 0) is 20.5 Å². The second kappa shape index (κ2) is 8.56. The van der Waals surface area contributed by atoms with Gasteiger partial charge in [0.15, 0.2) is 0 Å². The number of unbranched alkanes of at least 4 members (excludes halogenated alkanes) is 3. The van der Waals surface area contributed by atoms with Crippen molar-refractivity contribution in [2.75, 3.05) is 20.6 Å². The number of aromatic nitrogens is 2. The summed E-state index contributed by atoms with van der Waals surface area (Å²) in [5.41, 5.74) is 7.26. The molecule has 0 saturated carbocycles. The summed E-state index contributed by atoms with van der Waals surface area (Å²) >= 11 is 6.22. The zero-order chi connectivity index (χ0) is 14.3. The first kappa shape index (κ1) is 16.5. The van der Waals surface area contributed by atoms with E-state index in [0.29, 0.717) is 5.02 Å². The van der Waals surface area contributed by atoms with Crippen LogP contribution < -0.4 is 5.73 Å². The predicted molar refractivity (Wildman–Crippen MR) is 81.5 cm³/mol. The van der Waals surface area contributed by atoms with E-state index in [1.165, 1.54) is 19.3 Å². The van der Waals surface area contributed by atoms with Gasteiger partial charge in [-0.2, -0.15) is 5.10 Å². The summed E-state index contributed by atoms with van der Waals surface area (Å²) in [5.74, 6) is 0. The fraction of sp³-hybridized carbons (Fsp3) is 0.786. The number of nitrogens with two attached hydrogens (primary N) is 1. The van der Waals surface area contributed by atoms with Gasteiger partial charge in [-0.25, -0.2) is 0 Å². The number of rotatable bonds is 9. The molecule has 1 aromatic heterocycles. The number of hydrogen-bond acceptors (Lipinski definition) is 3. The highest BCUT2D eigenvalue weighted by atomic mass is 35.5. The molecule has 0 aliphatic rings. The molecule has 110 valence electrons. The van der Waals surface area contributed by atoms with E-state index in [9.17, 15) is 0 Å². The van der Waals surface area contributed by atoms with E-state index < -0.39 is 0 Å². The molecule has 0 fully saturated rings. The molecule has 1 heterocycles. The van der Waals surface area contributed by atoms with Gasteiger partial charge in [-0.15, -0.1) is 0 Å². The van der Waals surface area contributed by atoms with Crippen LogP contribution in [0.15, 0.2) is 6.20 Å². The van der Waals surface area contributed by atoms with Crippen molar-refractivity contribution in [1.29, 1.82) is 0 Å². The average molecular weight is 287 g/mol. The lowest BCUT2D eigenvalue weighted by atomic mass is 10.1. The lowest BCUT2D eigenvalue weighted by molar-refractivity contribution is 0.365. The first-order valence-corrected chi connectivity index (χ1v) is 7.55. The van der Waals surface area contributed by atoms with Crippen LogP contribution in [0.3, 0.4) is 0 Å². The van der Waals surface area contributed by atoms with Crippen LogP contribution in [0.1, 0.15) is 50.8 Å². The summed E-state index contributed by atoms with van der Waals surface area (Å²) < 4.78 is 1.95. The molecule has 1 unspecified atom stereocenters. The van der Waals surface area contributed by atoms with E-state index in [1.807, 2.05) is 4.68 Å². The molecular weight excluding hydrogens is 260 g/mol. The van der Waals surface area contributed by atoms with Gasteiger partial charge in [0.25, 0.3) is 0 Å². The molecule has 4 nitrogen and oxygen atoms in total. The zero-order valence-corrected chi connectivity index (χ0v) is 13.2. The third-order valence-corrected chi connectivity index (χ3v) is 3.60. The Morgan fingerprint density at radius 2 is 2.11 bits per heavy atom. The fourth-order valence-electron chi connectivity index (χ4n) is 2.14. The van der Waals surface area contributed by atoms with Gasteiger partial charge in [0.2, 0.25) is 0 Å². The number of likely N-dealkylation sites (N-methyl/N-ethyl adjacent to an activating group) is 1. The topological polar surface area (TPSA) is 47.1 Å². The van der Waals surface area contributed by atoms with Gasteiger partial charge >= 0.3 is 0 Å². The van der Waals surface area contributed by atoms with Gasteiger partial charge in [-0.3, -0.25) is 4.68 Å². The molecular formula is C14H27ClN4. The summed E-state index contributed by atoms with van der Waals surface area (Å²) in [6.45, 7) is 3.98. The molecule has 0 bridgehead atoms. The fourth-order valence-corrected chi connectivity index (χ4v) is 2.42. The van der Waals surface area contributed by atoms with Crippen LogP contribution >= 0.6 is 11.6 Å². The lowest BCUT2D eigenvalue weighted by Crippen LogP contribution is -2.23. The van der Waals surface area contributed by atoms with Crippen molar-refractivity contribution in [3.8, 4) is 0 Å². The first-order chi connectivity index (χ1) is 9.06. The van der Waals surface area contributed by atoms with E-state index in [4.69, 9.17) is 17.3 Å². The minimum absolute atomic E-state index is 0.00554. The highest BCUT2D eigenvalue weighted by molar-refractivity contribution is 6.31. The highest BCUT2D eigenvalue weighted by Gasteiger charge is 2.16. The minimum atomic E-state index is -0.00554. The Morgan fingerprint density at radius 3 is 2.74 bits per heavy atom. The quantitative estimate of drug-likeness (QED) is 0.710. The van der Waals surface area contributed by atoms with Crippen LogP contribution in [0, 0.1) is 0 Å². The summed E-state index contributed by atoms with van der Waals surface area (Å²) in [7, 11) is 4.10. The molecule has 0 radical (unpaired) electrons. The lowest BCUT2D eigenvalue weighted by Gasteiger charge is -2.16. The SMILES string of the molecule is CCCCCCC(N)c1c(Cl)cnn1CCN(C)C. The maximum Gasteiger partial charge on any atom is 0.0834 e. The predicted octanol–water partition coefficient (Wildman–Crippen LogP) is 3.07. The van der Waals surface area contributed by atoms with E-state index in [0.717, 1.165) is 31.6 Å². The van der Waals surface area contributed by atoms with Crippen molar-refractivity contribution in [3.63, 3.8) is 0 Å². The third kappa shape index (κ3) is 5.51. The number of halogens is 1. The Kier molecular flexibility index (Phi) is 7.42. The summed E-state index contributed by atoms with van der Waals surface area (Å²) in [5, 5.41) is 5.03. The molecule has 1 rings (SSSR count). The van der Waals surface area contributed by atoms with Crippen LogP contribution in [-0.2, 0) is 6.54 Å². The van der Waals surface area contributed by atoms with Gasteiger partial charge in [0, 0.05) is 12.6 Å². The van der Waals surface area contributed by atoms with Crippen molar-refractivity contribution in [2.45, 2.75) is 51.6 Å². The van der Waals surface area contributed by atoms with Crippen LogP contribution in [0.4, 0.5) is 0 Å². The van der Waals surface area contributed by atoms with Gasteiger partial charge in [0.05, 0.1) is 23.5 Å². The smallest absolute Gasteiger partial charge is 0.0834 e. The second-order valence-electron chi connectivity index (χ2n) is 5.36. The normalized spacial score (nSPS) is 13.2. The zero-order valence-electron chi connectivity index (χ0n) is 12.4. The molecule has 0 amide bonds. The van der Waals surface area contributed by atoms with Gasteiger partial charge < -0.3 is 10.6 Å². The van der Waals surface area contributed by atoms with E-state index in [-0.39, 0.29) is 6.04 Å². The van der Waals surface area contributed by atoms with Crippen LogP contribution in [-0.4, -0.2) is 35.3 Å².